The highest BCUT2D eigenvalue weighted by molar-refractivity contribution is 7.10. The van der Waals surface area contributed by atoms with Crippen LogP contribution in [0.25, 0.3) is 0 Å². The van der Waals surface area contributed by atoms with Crippen molar-refractivity contribution in [2.75, 3.05) is 26.2 Å². The Hall–Kier alpha value is -1.30. The van der Waals surface area contributed by atoms with Gasteiger partial charge in [0, 0.05) is 36.6 Å². The Morgan fingerprint density at radius 2 is 1.75 bits per heavy atom. The van der Waals surface area contributed by atoms with E-state index in [0.717, 1.165) is 31.1 Å². The van der Waals surface area contributed by atoms with Crippen molar-refractivity contribution in [3.05, 3.63) is 57.8 Å². The Balaban J connectivity index is 2.05. The molecule has 0 unspecified atom stereocenters. The third kappa shape index (κ3) is 2.61. The van der Waals surface area contributed by atoms with Crippen molar-refractivity contribution in [2.45, 2.75) is 6.04 Å². The van der Waals surface area contributed by atoms with Gasteiger partial charge in [-0.25, -0.2) is 8.78 Å². The van der Waals surface area contributed by atoms with Crippen LogP contribution in [0, 0.1) is 11.6 Å². The zero-order valence-electron chi connectivity index (χ0n) is 11.0. The van der Waals surface area contributed by atoms with Gasteiger partial charge in [-0.1, -0.05) is 12.1 Å². The summed E-state index contributed by atoms with van der Waals surface area (Å²) in [5, 5.41) is 5.22. The lowest BCUT2D eigenvalue weighted by molar-refractivity contribution is 0.194. The van der Waals surface area contributed by atoms with Crippen LogP contribution in [0.2, 0.25) is 0 Å². The molecular formula is C15H16F2N2S. The van der Waals surface area contributed by atoms with E-state index in [2.05, 4.69) is 10.2 Å². The predicted octanol–water partition coefficient (Wildman–Crippen LogP) is 3.02. The lowest BCUT2D eigenvalue weighted by atomic mass is 10.0. The highest BCUT2D eigenvalue weighted by Gasteiger charge is 2.29. The Bertz CT molecular complexity index is 545. The standard InChI is InChI=1S/C15H16F2N2S/c16-11-3-1-4-12(17)14(11)15(13-5-2-10-20-13)19-8-6-18-7-9-19/h1-5,10,15,18H,6-9H2/t15-/m1/s1. The molecule has 1 aromatic heterocycles. The van der Waals surface area contributed by atoms with Crippen LogP contribution in [0.3, 0.4) is 0 Å². The van der Waals surface area contributed by atoms with Crippen molar-refractivity contribution in [3.63, 3.8) is 0 Å². The van der Waals surface area contributed by atoms with E-state index in [0.29, 0.717) is 0 Å². The van der Waals surface area contributed by atoms with E-state index in [9.17, 15) is 8.78 Å². The van der Waals surface area contributed by atoms with Gasteiger partial charge in [-0.3, -0.25) is 4.90 Å². The zero-order valence-corrected chi connectivity index (χ0v) is 11.8. The highest BCUT2D eigenvalue weighted by Crippen LogP contribution is 2.34. The van der Waals surface area contributed by atoms with E-state index in [1.807, 2.05) is 17.5 Å². The fraction of sp³-hybridized carbons (Fsp3) is 0.333. The van der Waals surface area contributed by atoms with Crippen LogP contribution in [0.1, 0.15) is 16.5 Å². The molecule has 2 nitrogen and oxygen atoms in total. The molecule has 2 aromatic rings. The number of benzene rings is 1. The number of nitrogens with one attached hydrogen (secondary N) is 1. The Labute approximate surface area is 121 Å². The SMILES string of the molecule is Fc1cccc(F)c1[C@@H](c1cccs1)N1CCNCC1. The van der Waals surface area contributed by atoms with Crippen molar-refractivity contribution in [3.8, 4) is 0 Å². The average Bonchev–Trinajstić information content (AvgIpc) is 2.98. The Morgan fingerprint density at radius 1 is 1.05 bits per heavy atom. The Morgan fingerprint density at radius 3 is 2.35 bits per heavy atom. The molecule has 1 fully saturated rings. The minimum atomic E-state index is -0.470. The average molecular weight is 294 g/mol. The lowest BCUT2D eigenvalue weighted by Crippen LogP contribution is -2.45. The maximum Gasteiger partial charge on any atom is 0.131 e. The summed E-state index contributed by atoms with van der Waals surface area (Å²) in [4.78, 5) is 3.13. The predicted molar refractivity (Wildman–Crippen MR) is 77.0 cm³/mol. The topological polar surface area (TPSA) is 15.3 Å². The van der Waals surface area contributed by atoms with Crippen LogP contribution in [-0.2, 0) is 0 Å². The van der Waals surface area contributed by atoms with Crippen LogP contribution in [-0.4, -0.2) is 31.1 Å². The fourth-order valence-electron chi connectivity index (χ4n) is 2.66. The molecule has 106 valence electrons. The second-order valence-corrected chi connectivity index (χ2v) is 5.82. The van der Waals surface area contributed by atoms with Gasteiger partial charge >= 0.3 is 0 Å². The van der Waals surface area contributed by atoms with Crippen molar-refractivity contribution in [2.24, 2.45) is 0 Å². The fourth-order valence-corrected chi connectivity index (χ4v) is 3.53. The third-order valence-corrected chi connectivity index (χ3v) is 4.53. The molecule has 5 heteroatoms. The monoisotopic (exact) mass is 294 g/mol. The molecule has 0 spiro atoms. The highest BCUT2D eigenvalue weighted by atomic mass is 32.1. The molecule has 0 radical (unpaired) electrons. The maximum absolute atomic E-state index is 14.2. The van der Waals surface area contributed by atoms with Crippen LogP contribution in [0.4, 0.5) is 8.78 Å². The first kappa shape index (κ1) is 13.7. The van der Waals surface area contributed by atoms with E-state index < -0.39 is 11.6 Å². The number of halogens is 2. The van der Waals surface area contributed by atoms with Crippen molar-refractivity contribution in [1.29, 1.82) is 0 Å². The number of nitrogens with zero attached hydrogens (tertiary/aromatic N) is 1. The third-order valence-electron chi connectivity index (χ3n) is 3.60. The largest absolute Gasteiger partial charge is 0.314 e. The molecule has 1 atom stereocenters. The van der Waals surface area contributed by atoms with Crippen LogP contribution in [0.15, 0.2) is 35.7 Å². The minimum absolute atomic E-state index is 0.164. The van der Waals surface area contributed by atoms with Crippen molar-refractivity contribution < 1.29 is 8.78 Å². The number of thiophene rings is 1. The summed E-state index contributed by atoms with van der Waals surface area (Å²) in [6.07, 6.45) is 0. The van der Waals surface area contributed by atoms with Gasteiger partial charge in [-0.15, -0.1) is 11.3 Å². The van der Waals surface area contributed by atoms with Gasteiger partial charge in [-0.2, -0.15) is 0 Å². The second-order valence-electron chi connectivity index (χ2n) is 4.84. The molecule has 1 saturated heterocycles. The van der Waals surface area contributed by atoms with Crippen molar-refractivity contribution in [1.82, 2.24) is 10.2 Å². The summed E-state index contributed by atoms with van der Waals surface area (Å²) in [5.74, 6) is -0.941. The number of hydrogen-bond acceptors (Lipinski definition) is 3. The van der Waals surface area contributed by atoms with Crippen molar-refractivity contribution >= 4 is 11.3 Å². The molecule has 1 aliphatic heterocycles. The molecular weight excluding hydrogens is 278 g/mol. The first-order valence-corrected chi connectivity index (χ1v) is 7.57. The van der Waals surface area contributed by atoms with Gasteiger partial charge < -0.3 is 5.32 Å². The molecule has 1 N–H and O–H groups in total. The van der Waals surface area contributed by atoms with E-state index in [4.69, 9.17) is 0 Å². The van der Waals surface area contributed by atoms with Gasteiger partial charge in [0.05, 0.1) is 6.04 Å². The zero-order chi connectivity index (χ0) is 13.9. The summed E-state index contributed by atoms with van der Waals surface area (Å²) in [7, 11) is 0. The van der Waals surface area contributed by atoms with Gasteiger partial charge in [-0.05, 0) is 23.6 Å². The van der Waals surface area contributed by atoms with Gasteiger partial charge in [0.15, 0.2) is 0 Å². The molecule has 0 amide bonds. The first-order chi connectivity index (χ1) is 9.77. The number of piperazine rings is 1. The molecule has 1 aliphatic rings. The number of hydrogen-bond donors (Lipinski definition) is 1. The quantitative estimate of drug-likeness (QED) is 0.936. The maximum atomic E-state index is 14.2. The van der Waals surface area contributed by atoms with Crippen LogP contribution >= 0.6 is 11.3 Å². The summed E-state index contributed by atoms with van der Waals surface area (Å²) >= 11 is 1.54. The van der Waals surface area contributed by atoms with Crippen LogP contribution < -0.4 is 5.32 Å². The van der Waals surface area contributed by atoms with E-state index >= 15 is 0 Å². The minimum Gasteiger partial charge on any atom is -0.314 e. The summed E-state index contributed by atoms with van der Waals surface area (Å²) in [6.45, 7) is 3.27. The molecule has 0 bridgehead atoms. The van der Waals surface area contributed by atoms with E-state index in [1.54, 1.807) is 11.3 Å². The van der Waals surface area contributed by atoms with Gasteiger partial charge in [0.2, 0.25) is 0 Å². The second kappa shape index (κ2) is 5.99. The van der Waals surface area contributed by atoms with Crippen LogP contribution in [0.5, 0.6) is 0 Å². The smallest absolute Gasteiger partial charge is 0.131 e. The van der Waals surface area contributed by atoms with E-state index in [-0.39, 0.29) is 11.6 Å². The number of rotatable bonds is 3. The lowest BCUT2D eigenvalue weighted by Gasteiger charge is -2.35. The first-order valence-electron chi connectivity index (χ1n) is 6.69. The normalized spacial score (nSPS) is 18.1. The van der Waals surface area contributed by atoms with Gasteiger partial charge in [0.25, 0.3) is 0 Å². The molecule has 20 heavy (non-hydrogen) atoms. The summed E-state index contributed by atoms with van der Waals surface area (Å²) in [5.41, 5.74) is 0.164. The molecule has 2 heterocycles. The molecule has 3 rings (SSSR count). The molecule has 0 aliphatic carbocycles. The Kier molecular flexibility index (Phi) is 4.10. The van der Waals surface area contributed by atoms with Gasteiger partial charge in [0.1, 0.15) is 11.6 Å². The summed E-state index contributed by atoms with van der Waals surface area (Å²) in [6, 6.07) is 7.62. The molecule has 1 aromatic carbocycles. The summed E-state index contributed by atoms with van der Waals surface area (Å²) < 4.78 is 28.3. The van der Waals surface area contributed by atoms with E-state index in [1.165, 1.54) is 18.2 Å². The molecule has 0 saturated carbocycles.